The van der Waals surface area contributed by atoms with Crippen LogP contribution >= 0.6 is 0 Å². The Bertz CT molecular complexity index is 454. The second kappa shape index (κ2) is 8.11. The number of methoxy groups -OCH3 is 2. The molecule has 0 bridgehead atoms. The van der Waals surface area contributed by atoms with Gasteiger partial charge in [0.15, 0.2) is 0 Å². The van der Waals surface area contributed by atoms with Crippen molar-refractivity contribution in [3.63, 3.8) is 0 Å². The number of hydrogen-bond acceptors (Lipinski definition) is 5. The molecule has 0 aromatic heterocycles. The number of nitrogens with zero attached hydrogens (tertiary/aromatic N) is 2. The Labute approximate surface area is 113 Å². The highest BCUT2D eigenvalue weighted by Gasteiger charge is 2.10. The van der Waals surface area contributed by atoms with Crippen LogP contribution in [-0.2, 0) is 14.3 Å². The highest BCUT2D eigenvalue weighted by molar-refractivity contribution is 5.70. The van der Waals surface area contributed by atoms with Crippen molar-refractivity contribution in [2.45, 2.75) is 6.42 Å². The number of rotatable bonds is 7. The predicted molar refractivity (Wildman–Crippen MR) is 71.9 cm³/mol. The Morgan fingerprint density at radius 2 is 2.16 bits per heavy atom. The fraction of sp³-hybridized carbons (Fsp3) is 0.429. The van der Waals surface area contributed by atoms with Gasteiger partial charge < -0.3 is 14.4 Å². The van der Waals surface area contributed by atoms with Gasteiger partial charge in [0, 0.05) is 25.9 Å². The van der Waals surface area contributed by atoms with E-state index < -0.39 is 0 Å². The molecule has 0 unspecified atom stereocenters. The molecule has 0 amide bonds. The lowest BCUT2D eigenvalue weighted by molar-refractivity contribution is -0.140. The van der Waals surface area contributed by atoms with Crippen LogP contribution in [0.5, 0.6) is 0 Å². The van der Waals surface area contributed by atoms with Gasteiger partial charge in [-0.25, -0.2) is 0 Å². The number of carbonyl (C=O) groups is 1. The molecule has 0 fully saturated rings. The summed E-state index contributed by atoms with van der Waals surface area (Å²) in [5.74, 6) is -0.251. The van der Waals surface area contributed by atoms with E-state index in [1.165, 1.54) is 7.11 Å². The first-order chi connectivity index (χ1) is 9.21. The second-order valence-corrected chi connectivity index (χ2v) is 3.97. The molecule has 0 radical (unpaired) electrons. The maximum absolute atomic E-state index is 11.2. The van der Waals surface area contributed by atoms with Crippen molar-refractivity contribution < 1.29 is 14.3 Å². The maximum atomic E-state index is 11.2. The van der Waals surface area contributed by atoms with Crippen LogP contribution in [0.3, 0.4) is 0 Å². The van der Waals surface area contributed by atoms with Crippen molar-refractivity contribution in [1.29, 1.82) is 5.26 Å². The van der Waals surface area contributed by atoms with E-state index in [4.69, 9.17) is 10.00 Å². The van der Waals surface area contributed by atoms with E-state index in [-0.39, 0.29) is 5.97 Å². The average molecular weight is 262 g/mol. The summed E-state index contributed by atoms with van der Waals surface area (Å²) in [7, 11) is 3.00. The van der Waals surface area contributed by atoms with Gasteiger partial charge in [0.25, 0.3) is 0 Å². The number of hydrogen-bond donors (Lipinski definition) is 0. The van der Waals surface area contributed by atoms with E-state index in [2.05, 4.69) is 10.8 Å². The standard InChI is InChI=1S/C14H18N2O3/c1-18-9-8-16(7-6-14(17)19-2)13-5-3-4-12(10-13)11-15/h3-5,10H,6-9H2,1-2H3. The molecule has 0 heterocycles. The lowest BCUT2D eigenvalue weighted by Gasteiger charge is -2.24. The first-order valence-electron chi connectivity index (χ1n) is 6.02. The number of carbonyl (C=O) groups excluding carboxylic acids is 1. The quantitative estimate of drug-likeness (QED) is 0.698. The molecule has 19 heavy (non-hydrogen) atoms. The van der Waals surface area contributed by atoms with Gasteiger partial charge in [-0.05, 0) is 18.2 Å². The summed E-state index contributed by atoms with van der Waals surface area (Å²) in [5, 5.41) is 8.91. The highest BCUT2D eigenvalue weighted by atomic mass is 16.5. The summed E-state index contributed by atoms with van der Waals surface area (Å²) in [4.78, 5) is 13.2. The van der Waals surface area contributed by atoms with Crippen LogP contribution in [-0.4, -0.2) is 39.9 Å². The van der Waals surface area contributed by atoms with Crippen molar-refractivity contribution in [3.05, 3.63) is 29.8 Å². The smallest absolute Gasteiger partial charge is 0.307 e. The Morgan fingerprint density at radius 3 is 2.79 bits per heavy atom. The molecule has 0 spiro atoms. The lowest BCUT2D eigenvalue weighted by atomic mass is 10.2. The van der Waals surface area contributed by atoms with Crippen LogP contribution in [0.2, 0.25) is 0 Å². The van der Waals surface area contributed by atoms with Crippen molar-refractivity contribution in [2.75, 3.05) is 38.8 Å². The normalized spacial score (nSPS) is 9.74. The first kappa shape index (κ1) is 15.0. The summed E-state index contributed by atoms with van der Waals surface area (Å²) < 4.78 is 9.70. The molecule has 0 saturated carbocycles. The zero-order valence-electron chi connectivity index (χ0n) is 11.3. The van der Waals surface area contributed by atoms with E-state index in [1.807, 2.05) is 17.0 Å². The minimum Gasteiger partial charge on any atom is -0.469 e. The van der Waals surface area contributed by atoms with Gasteiger partial charge in [-0.3, -0.25) is 4.79 Å². The number of anilines is 1. The predicted octanol–water partition coefficient (Wildman–Crippen LogP) is 1.57. The lowest BCUT2D eigenvalue weighted by Crippen LogP contribution is -2.29. The van der Waals surface area contributed by atoms with Gasteiger partial charge in [-0.15, -0.1) is 0 Å². The van der Waals surface area contributed by atoms with E-state index in [1.54, 1.807) is 19.2 Å². The minimum absolute atomic E-state index is 0.251. The van der Waals surface area contributed by atoms with Crippen molar-refractivity contribution >= 4 is 11.7 Å². The van der Waals surface area contributed by atoms with E-state index in [9.17, 15) is 4.79 Å². The van der Waals surface area contributed by atoms with Gasteiger partial charge in [0.2, 0.25) is 0 Å². The second-order valence-electron chi connectivity index (χ2n) is 3.97. The van der Waals surface area contributed by atoms with Gasteiger partial charge in [-0.1, -0.05) is 6.07 Å². The molecule has 5 nitrogen and oxygen atoms in total. The van der Waals surface area contributed by atoms with E-state index in [0.29, 0.717) is 31.7 Å². The molecular weight excluding hydrogens is 244 g/mol. The molecule has 0 N–H and O–H groups in total. The molecule has 0 aliphatic carbocycles. The third kappa shape index (κ3) is 4.98. The Morgan fingerprint density at radius 1 is 1.37 bits per heavy atom. The highest BCUT2D eigenvalue weighted by Crippen LogP contribution is 2.16. The first-order valence-corrected chi connectivity index (χ1v) is 6.02. The fourth-order valence-corrected chi connectivity index (χ4v) is 1.67. The molecule has 0 atom stereocenters. The van der Waals surface area contributed by atoms with Crippen LogP contribution < -0.4 is 4.90 Å². The number of esters is 1. The third-order valence-electron chi connectivity index (χ3n) is 2.72. The molecule has 1 aromatic carbocycles. The fourth-order valence-electron chi connectivity index (χ4n) is 1.67. The number of nitriles is 1. The molecule has 0 saturated heterocycles. The van der Waals surface area contributed by atoms with Gasteiger partial charge in [0.05, 0.1) is 31.8 Å². The zero-order valence-corrected chi connectivity index (χ0v) is 11.3. The van der Waals surface area contributed by atoms with Gasteiger partial charge in [-0.2, -0.15) is 5.26 Å². The minimum atomic E-state index is -0.251. The molecule has 102 valence electrons. The summed E-state index contributed by atoms with van der Waals surface area (Å²) in [5.41, 5.74) is 1.50. The van der Waals surface area contributed by atoms with Crippen LogP contribution in [0.15, 0.2) is 24.3 Å². The molecule has 1 rings (SSSR count). The molecular formula is C14H18N2O3. The van der Waals surface area contributed by atoms with Crippen LogP contribution in [0.25, 0.3) is 0 Å². The molecule has 1 aromatic rings. The Hall–Kier alpha value is -2.06. The van der Waals surface area contributed by atoms with Gasteiger partial charge in [0.1, 0.15) is 0 Å². The van der Waals surface area contributed by atoms with E-state index in [0.717, 1.165) is 5.69 Å². The third-order valence-corrected chi connectivity index (χ3v) is 2.72. The molecule has 0 aliphatic heterocycles. The molecule has 0 aliphatic rings. The van der Waals surface area contributed by atoms with Crippen LogP contribution in [0, 0.1) is 11.3 Å². The van der Waals surface area contributed by atoms with Gasteiger partial charge >= 0.3 is 5.97 Å². The zero-order chi connectivity index (χ0) is 14.1. The van der Waals surface area contributed by atoms with E-state index >= 15 is 0 Å². The summed E-state index contributed by atoms with van der Waals surface area (Å²) in [6, 6.07) is 9.39. The maximum Gasteiger partial charge on any atom is 0.307 e. The van der Waals surface area contributed by atoms with Crippen molar-refractivity contribution in [1.82, 2.24) is 0 Å². The Balaban J connectivity index is 2.76. The van der Waals surface area contributed by atoms with Crippen LogP contribution in [0.1, 0.15) is 12.0 Å². The SMILES string of the molecule is COCCN(CCC(=O)OC)c1cccc(C#N)c1. The number of benzene rings is 1. The monoisotopic (exact) mass is 262 g/mol. The summed E-state index contributed by atoms with van der Waals surface area (Å²) in [6.45, 7) is 1.74. The summed E-state index contributed by atoms with van der Waals surface area (Å²) in [6.07, 6.45) is 0.303. The average Bonchev–Trinajstić information content (AvgIpc) is 2.47. The van der Waals surface area contributed by atoms with Crippen LogP contribution in [0.4, 0.5) is 5.69 Å². The number of ether oxygens (including phenoxy) is 2. The topological polar surface area (TPSA) is 62.6 Å². The van der Waals surface area contributed by atoms with Crippen molar-refractivity contribution in [2.24, 2.45) is 0 Å². The van der Waals surface area contributed by atoms with Crippen molar-refractivity contribution in [3.8, 4) is 6.07 Å². The molecule has 5 heteroatoms. The summed E-state index contributed by atoms with van der Waals surface area (Å²) >= 11 is 0. The Kier molecular flexibility index (Phi) is 6.41. The largest absolute Gasteiger partial charge is 0.469 e.